The Kier molecular flexibility index (Phi) is 5.84. The van der Waals surface area contributed by atoms with Crippen molar-refractivity contribution in [3.05, 3.63) is 70.7 Å². The average molecular weight is 463 g/mol. The Balaban J connectivity index is 1.12. The molecule has 1 aliphatic heterocycles. The first-order valence-corrected chi connectivity index (χ1v) is 13.7. The van der Waals surface area contributed by atoms with Crippen molar-refractivity contribution in [2.75, 3.05) is 13.1 Å². The van der Waals surface area contributed by atoms with E-state index >= 15 is 0 Å². The van der Waals surface area contributed by atoms with Gasteiger partial charge in [0.1, 0.15) is 0 Å². The Hall–Kier alpha value is -1.35. The van der Waals surface area contributed by atoms with Crippen molar-refractivity contribution in [2.24, 2.45) is 17.3 Å². The van der Waals surface area contributed by atoms with E-state index in [0.29, 0.717) is 22.9 Å². The van der Waals surface area contributed by atoms with Gasteiger partial charge in [-0.15, -0.1) is 0 Å². The highest BCUT2D eigenvalue weighted by Gasteiger charge is 2.59. The van der Waals surface area contributed by atoms with E-state index in [0.717, 1.165) is 23.4 Å². The summed E-state index contributed by atoms with van der Waals surface area (Å²) in [6, 6.07) is 21.1. The molecule has 0 amide bonds. The monoisotopic (exact) mass is 462 g/mol. The van der Waals surface area contributed by atoms with E-state index in [2.05, 4.69) is 71.7 Å². The van der Waals surface area contributed by atoms with Crippen LogP contribution in [0, 0.1) is 17.3 Å². The van der Waals surface area contributed by atoms with Crippen LogP contribution in [0.4, 0.5) is 0 Å². The topological polar surface area (TPSA) is 15.3 Å². The summed E-state index contributed by atoms with van der Waals surface area (Å²) in [5, 5.41) is 5.06. The van der Waals surface area contributed by atoms with Crippen molar-refractivity contribution in [2.45, 2.75) is 82.3 Å². The van der Waals surface area contributed by atoms with Crippen LogP contribution in [0.5, 0.6) is 0 Å². The molecule has 3 atom stereocenters. The van der Waals surface area contributed by atoms with Crippen LogP contribution in [0.25, 0.3) is 0 Å². The minimum absolute atomic E-state index is 0.393. The minimum atomic E-state index is 0.393. The first-order chi connectivity index (χ1) is 16.0. The molecular formula is C30H39ClN2. The first kappa shape index (κ1) is 22.1. The van der Waals surface area contributed by atoms with Crippen LogP contribution in [0.1, 0.15) is 69.4 Å². The number of hydrogen-bond donors (Lipinski definition) is 1. The molecule has 7 rings (SSSR count). The van der Waals surface area contributed by atoms with Gasteiger partial charge in [-0.25, -0.2) is 0 Å². The summed E-state index contributed by atoms with van der Waals surface area (Å²) in [7, 11) is 0. The van der Waals surface area contributed by atoms with Gasteiger partial charge in [0.2, 0.25) is 0 Å². The lowest BCUT2D eigenvalue weighted by Crippen LogP contribution is -2.61. The minimum Gasteiger partial charge on any atom is -0.311 e. The summed E-state index contributed by atoms with van der Waals surface area (Å²) in [5.74, 6) is 1.83. The quantitative estimate of drug-likeness (QED) is 0.506. The first-order valence-electron chi connectivity index (χ1n) is 13.3. The predicted molar refractivity (Wildman–Crippen MR) is 138 cm³/mol. The van der Waals surface area contributed by atoms with Gasteiger partial charge in [-0.05, 0) is 117 Å². The largest absolute Gasteiger partial charge is 0.311 e. The van der Waals surface area contributed by atoms with E-state index < -0.39 is 0 Å². The van der Waals surface area contributed by atoms with Gasteiger partial charge in [-0.3, -0.25) is 4.90 Å². The fourth-order valence-corrected chi connectivity index (χ4v) is 8.74. The zero-order valence-electron chi connectivity index (χ0n) is 20.1. The zero-order chi connectivity index (χ0) is 22.5. The molecule has 0 spiro atoms. The highest BCUT2D eigenvalue weighted by molar-refractivity contribution is 6.30. The Morgan fingerprint density at radius 1 is 0.939 bits per heavy atom. The van der Waals surface area contributed by atoms with Crippen molar-refractivity contribution < 1.29 is 0 Å². The molecule has 5 fully saturated rings. The summed E-state index contributed by atoms with van der Waals surface area (Å²) in [6.07, 6.45) is 11.1. The molecule has 2 aromatic carbocycles. The van der Waals surface area contributed by atoms with Crippen molar-refractivity contribution in [1.29, 1.82) is 0 Å². The van der Waals surface area contributed by atoms with Crippen molar-refractivity contribution in [1.82, 2.24) is 10.2 Å². The smallest absolute Gasteiger partial charge is 0.0406 e. The van der Waals surface area contributed by atoms with Crippen LogP contribution in [0.2, 0.25) is 5.02 Å². The molecule has 1 saturated heterocycles. The van der Waals surface area contributed by atoms with E-state index in [1.54, 1.807) is 5.56 Å². The Labute approximate surface area is 205 Å². The SMILES string of the molecule is CC(NC1CCN(Cc2ccccc2)CC1)C12CC3CC(CC(c4ccc(Cl)cc4)(C3)C1)C2. The number of piperidine rings is 1. The fourth-order valence-electron chi connectivity index (χ4n) is 8.61. The number of likely N-dealkylation sites (tertiary alicyclic amines) is 1. The van der Waals surface area contributed by atoms with Gasteiger partial charge in [0, 0.05) is 23.7 Å². The molecule has 4 aliphatic carbocycles. The molecular weight excluding hydrogens is 424 g/mol. The van der Waals surface area contributed by atoms with Crippen molar-refractivity contribution >= 4 is 11.6 Å². The van der Waals surface area contributed by atoms with Crippen LogP contribution >= 0.6 is 11.6 Å². The standard InChI is InChI=1S/C30H39ClN2/c1-22(32-28-11-13-33(14-12-28)20-23-5-3-2-4-6-23)29-16-24-15-25(17-29)19-30(18-24,21-29)26-7-9-27(31)10-8-26/h2-10,22,24-25,28,32H,11-21H2,1H3. The molecule has 3 heteroatoms. The van der Waals surface area contributed by atoms with Crippen LogP contribution in [0.3, 0.4) is 0 Å². The van der Waals surface area contributed by atoms with Gasteiger partial charge in [0.05, 0.1) is 0 Å². The molecule has 0 aromatic heterocycles. The van der Waals surface area contributed by atoms with Gasteiger partial charge in [0.15, 0.2) is 0 Å². The van der Waals surface area contributed by atoms with Crippen molar-refractivity contribution in [3.63, 3.8) is 0 Å². The Morgan fingerprint density at radius 3 is 2.27 bits per heavy atom. The van der Waals surface area contributed by atoms with Crippen LogP contribution in [-0.2, 0) is 12.0 Å². The maximum atomic E-state index is 6.25. The molecule has 3 unspecified atom stereocenters. The molecule has 1 heterocycles. The number of nitrogens with one attached hydrogen (secondary N) is 1. The Morgan fingerprint density at radius 2 is 1.61 bits per heavy atom. The molecule has 0 radical (unpaired) electrons. The van der Waals surface area contributed by atoms with E-state index in [9.17, 15) is 0 Å². The lowest BCUT2D eigenvalue weighted by atomic mass is 9.41. The normalized spacial score (nSPS) is 35.1. The van der Waals surface area contributed by atoms with Gasteiger partial charge >= 0.3 is 0 Å². The fraction of sp³-hybridized carbons (Fsp3) is 0.600. The zero-order valence-corrected chi connectivity index (χ0v) is 20.9. The van der Waals surface area contributed by atoms with Gasteiger partial charge in [-0.1, -0.05) is 54.1 Å². The predicted octanol–water partition coefficient (Wildman–Crippen LogP) is 6.82. The molecule has 1 N–H and O–H groups in total. The lowest BCUT2D eigenvalue weighted by molar-refractivity contribution is -0.0904. The average Bonchev–Trinajstić information content (AvgIpc) is 2.80. The highest BCUT2D eigenvalue weighted by Crippen LogP contribution is 2.66. The third-order valence-corrected chi connectivity index (χ3v) is 10.1. The van der Waals surface area contributed by atoms with E-state index in [4.69, 9.17) is 11.6 Å². The van der Waals surface area contributed by atoms with E-state index in [1.165, 1.54) is 70.0 Å². The lowest BCUT2D eigenvalue weighted by Gasteiger charge is -2.64. The maximum Gasteiger partial charge on any atom is 0.0406 e. The van der Waals surface area contributed by atoms with Crippen LogP contribution in [0.15, 0.2) is 54.6 Å². The third kappa shape index (κ3) is 4.28. The molecule has 176 valence electrons. The second kappa shape index (κ2) is 8.70. The maximum absolute atomic E-state index is 6.25. The number of hydrogen-bond acceptors (Lipinski definition) is 2. The number of benzene rings is 2. The molecule has 4 bridgehead atoms. The van der Waals surface area contributed by atoms with Gasteiger partial charge in [0.25, 0.3) is 0 Å². The van der Waals surface area contributed by atoms with E-state index in [-0.39, 0.29) is 0 Å². The molecule has 2 aromatic rings. The van der Waals surface area contributed by atoms with Crippen LogP contribution < -0.4 is 5.32 Å². The van der Waals surface area contributed by atoms with Gasteiger partial charge < -0.3 is 5.32 Å². The van der Waals surface area contributed by atoms with E-state index in [1.807, 2.05) is 0 Å². The van der Waals surface area contributed by atoms with Gasteiger partial charge in [-0.2, -0.15) is 0 Å². The molecule has 4 saturated carbocycles. The van der Waals surface area contributed by atoms with Crippen molar-refractivity contribution in [3.8, 4) is 0 Å². The summed E-state index contributed by atoms with van der Waals surface area (Å²) < 4.78 is 0. The second-order valence-electron chi connectivity index (χ2n) is 12.0. The molecule has 5 aliphatic rings. The Bertz CT molecular complexity index is 933. The highest BCUT2D eigenvalue weighted by atomic mass is 35.5. The summed E-state index contributed by atoms with van der Waals surface area (Å²) >= 11 is 6.25. The summed E-state index contributed by atoms with van der Waals surface area (Å²) in [6.45, 7) is 6.05. The third-order valence-electron chi connectivity index (χ3n) is 9.80. The number of rotatable bonds is 6. The number of nitrogens with zero attached hydrogens (tertiary/aromatic N) is 1. The summed E-state index contributed by atoms with van der Waals surface area (Å²) in [5.41, 5.74) is 3.87. The number of halogens is 1. The van der Waals surface area contributed by atoms with Crippen LogP contribution in [-0.4, -0.2) is 30.1 Å². The second-order valence-corrected chi connectivity index (χ2v) is 12.5. The molecule has 33 heavy (non-hydrogen) atoms. The molecule has 2 nitrogen and oxygen atoms in total. The summed E-state index contributed by atoms with van der Waals surface area (Å²) in [4.78, 5) is 2.64.